The van der Waals surface area contributed by atoms with E-state index >= 15 is 0 Å². The minimum absolute atomic E-state index is 0.183. The van der Waals surface area contributed by atoms with Gasteiger partial charge in [0, 0.05) is 22.5 Å². The van der Waals surface area contributed by atoms with Gasteiger partial charge in [-0.1, -0.05) is 30.3 Å². The summed E-state index contributed by atoms with van der Waals surface area (Å²) in [6.45, 7) is 0. The maximum absolute atomic E-state index is 9.44. The normalized spacial score (nSPS) is 10.7. The third-order valence-electron chi connectivity index (χ3n) is 3.03. The van der Waals surface area contributed by atoms with Gasteiger partial charge in [0.1, 0.15) is 5.75 Å². The molecule has 2 aromatic carbocycles. The molecule has 0 saturated heterocycles. The third-order valence-corrected chi connectivity index (χ3v) is 3.03. The van der Waals surface area contributed by atoms with Crippen LogP contribution in [0.15, 0.2) is 48.5 Å². The van der Waals surface area contributed by atoms with Gasteiger partial charge in [0.25, 0.3) is 0 Å². The number of fused-ring (bicyclic) bond motifs is 1. The Balaban J connectivity index is 2.18. The van der Waals surface area contributed by atoms with Crippen molar-refractivity contribution in [2.75, 3.05) is 7.11 Å². The highest BCUT2D eigenvalue weighted by Gasteiger charge is 2.06. The van der Waals surface area contributed by atoms with Crippen molar-refractivity contribution in [3.8, 4) is 22.8 Å². The number of benzene rings is 2. The number of aromatic nitrogens is 1. The zero-order valence-electron chi connectivity index (χ0n) is 9.97. The second-order valence-corrected chi connectivity index (χ2v) is 4.16. The lowest BCUT2D eigenvalue weighted by atomic mass is 10.0. The van der Waals surface area contributed by atoms with E-state index in [1.54, 1.807) is 13.2 Å². The molecule has 0 aliphatic heterocycles. The molecular weight excluding hydrogens is 226 g/mol. The highest BCUT2D eigenvalue weighted by molar-refractivity contribution is 5.87. The number of H-pyrrole nitrogens is 1. The molecular formula is C15H13NO2. The molecule has 0 unspecified atom stereocenters. The maximum atomic E-state index is 9.44. The Morgan fingerprint density at radius 3 is 2.72 bits per heavy atom. The lowest BCUT2D eigenvalue weighted by Gasteiger charge is -2.08. The Hall–Kier alpha value is -2.42. The lowest BCUT2D eigenvalue weighted by molar-refractivity contribution is 0.416. The standard InChI is InChI=1S/C15H13NO2/c1-18-14-5-3-2-4-12(14)10-6-7-11-9-15(17)16-13(11)8-10/h2-9,16-17H,1H3. The molecule has 90 valence electrons. The first-order valence-electron chi connectivity index (χ1n) is 5.73. The molecule has 0 atom stereocenters. The van der Waals surface area contributed by atoms with Crippen molar-refractivity contribution in [1.29, 1.82) is 0 Å². The van der Waals surface area contributed by atoms with Gasteiger partial charge >= 0.3 is 0 Å². The molecule has 3 nitrogen and oxygen atoms in total. The maximum Gasteiger partial charge on any atom is 0.189 e. The van der Waals surface area contributed by atoms with E-state index in [-0.39, 0.29) is 5.88 Å². The second-order valence-electron chi connectivity index (χ2n) is 4.16. The number of hydrogen-bond acceptors (Lipinski definition) is 2. The average molecular weight is 239 g/mol. The Labute approximate surface area is 105 Å². The van der Waals surface area contributed by atoms with Crippen molar-refractivity contribution in [3.05, 3.63) is 48.5 Å². The fourth-order valence-electron chi connectivity index (χ4n) is 2.16. The molecule has 3 aromatic rings. The quantitative estimate of drug-likeness (QED) is 0.718. The van der Waals surface area contributed by atoms with E-state index in [9.17, 15) is 5.11 Å². The van der Waals surface area contributed by atoms with Gasteiger partial charge in [-0.25, -0.2) is 0 Å². The van der Waals surface area contributed by atoms with E-state index in [1.165, 1.54) is 0 Å². The van der Waals surface area contributed by atoms with Crippen molar-refractivity contribution >= 4 is 10.9 Å². The molecule has 18 heavy (non-hydrogen) atoms. The van der Waals surface area contributed by atoms with Gasteiger partial charge < -0.3 is 14.8 Å². The van der Waals surface area contributed by atoms with Crippen LogP contribution in [0.1, 0.15) is 0 Å². The van der Waals surface area contributed by atoms with E-state index in [1.807, 2.05) is 42.5 Å². The molecule has 0 amide bonds. The van der Waals surface area contributed by atoms with E-state index in [2.05, 4.69) is 4.98 Å². The monoisotopic (exact) mass is 239 g/mol. The van der Waals surface area contributed by atoms with E-state index in [4.69, 9.17) is 4.74 Å². The van der Waals surface area contributed by atoms with Crippen LogP contribution in [-0.4, -0.2) is 17.2 Å². The third kappa shape index (κ3) is 1.70. The van der Waals surface area contributed by atoms with Gasteiger partial charge in [-0.3, -0.25) is 0 Å². The molecule has 3 heteroatoms. The Morgan fingerprint density at radius 1 is 1.06 bits per heavy atom. The van der Waals surface area contributed by atoms with Crippen LogP contribution in [0.4, 0.5) is 0 Å². The number of methoxy groups -OCH3 is 1. The number of aromatic hydroxyl groups is 1. The molecule has 1 heterocycles. The highest BCUT2D eigenvalue weighted by Crippen LogP contribution is 2.32. The summed E-state index contributed by atoms with van der Waals surface area (Å²) < 4.78 is 5.36. The van der Waals surface area contributed by atoms with Crippen molar-refractivity contribution in [2.24, 2.45) is 0 Å². The first-order valence-corrected chi connectivity index (χ1v) is 5.73. The molecule has 0 radical (unpaired) electrons. The van der Waals surface area contributed by atoms with E-state index < -0.39 is 0 Å². The van der Waals surface area contributed by atoms with Crippen LogP contribution in [-0.2, 0) is 0 Å². The number of hydrogen-bond donors (Lipinski definition) is 2. The van der Waals surface area contributed by atoms with Gasteiger partial charge in [0.05, 0.1) is 7.11 Å². The van der Waals surface area contributed by atoms with Crippen LogP contribution in [0.5, 0.6) is 11.6 Å². The minimum Gasteiger partial charge on any atom is -0.496 e. The number of para-hydroxylation sites is 1. The van der Waals surface area contributed by atoms with Crippen molar-refractivity contribution in [3.63, 3.8) is 0 Å². The number of rotatable bonds is 2. The molecule has 2 N–H and O–H groups in total. The summed E-state index contributed by atoms with van der Waals surface area (Å²) in [6, 6.07) is 15.6. The predicted octanol–water partition coefficient (Wildman–Crippen LogP) is 3.55. The number of nitrogens with one attached hydrogen (secondary N) is 1. The van der Waals surface area contributed by atoms with Crippen molar-refractivity contribution in [1.82, 2.24) is 4.98 Å². The Kier molecular flexibility index (Phi) is 2.45. The van der Waals surface area contributed by atoms with Crippen LogP contribution < -0.4 is 4.74 Å². The van der Waals surface area contributed by atoms with Crippen molar-refractivity contribution in [2.45, 2.75) is 0 Å². The van der Waals surface area contributed by atoms with Gasteiger partial charge in [0.2, 0.25) is 0 Å². The fraction of sp³-hybridized carbons (Fsp3) is 0.0667. The summed E-state index contributed by atoms with van der Waals surface area (Å²) in [4.78, 5) is 2.92. The summed E-state index contributed by atoms with van der Waals surface area (Å²) in [6.07, 6.45) is 0. The summed E-state index contributed by atoms with van der Waals surface area (Å²) in [7, 11) is 1.66. The largest absolute Gasteiger partial charge is 0.496 e. The molecule has 0 fully saturated rings. The highest BCUT2D eigenvalue weighted by atomic mass is 16.5. The molecule has 1 aromatic heterocycles. The molecule has 0 saturated carbocycles. The molecule has 0 aliphatic carbocycles. The summed E-state index contributed by atoms with van der Waals surface area (Å²) in [5, 5.41) is 10.4. The smallest absolute Gasteiger partial charge is 0.189 e. The first-order chi connectivity index (χ1) is 8.78. The van der Waals surface area contributed by atoms with Crippen LogP contribution in [0.25, 0.3) is 22.0 Å². The molecule has 0 bridgehead atoms. The molecule has 3 rings (SSSR count). The van der Waals surface area contributed by atoms with Crippen LogP contribution >= 0.6 is 0 Å². The Morgan fingerprint density at radius 2 is 1.89 bits per heavy atom. The SMILES string of the molecule is COc1ccccc1-c1ccc2cc(O)[nH]c2c1. The number of ether oxygens (including phenoxy) is 1. The number of aromatic amines is 1. The first kappa shape index (κ1) is 10.7. The lowest BCUT2D eigenvalue weighted by Crippen LogP contribution is -1.87. The van der Waals surface area contributed by atoms with Gasteiger partial charge in [-0.2, -0.15) is 0 Å². The molecule has 0 spiro atoms. The topological polar surface area (TPSA) is 45.2 Å². The average Bonchev–Trinajstić information content (AvgIpc) is 2.77. The van der Waals surface area contributed by atoms with E-state index in [0.717, 1.165) is 27.8 Å². The van der Waals surface area contributed by atoms with Gasteiger partial charge in [0.15, 0.2) is 5.88 Å². The summed E-state index contributed by atoms with van der Waals surface area (Å²) in [5.74, 6) is 1.02. The van der Waals surface area contributed by atoms with Gasteiger partial charge in [-0.15, -0.1) is 0 Å². The van der Waals surface area contributed by atoms with Crippen LogP contribution in [0.3, 0.4) is 0 Å². The second kappa shape index (κ2) is 4.11. The fourth-order valence-corrected chi connectivity index (χ4v) is 2.16. The van der Waals surface area contributed by atoms with E-state index in [0.29, 0.717) is 0 Å². The summed E-state index contributed by atoms with van der Waals surface area (Å²) in [5.41, 5.74) is 3.01. The zero-order valence-corrected chi connectivity index (χ0v) is 9.97. The van der Waals surface area contributed by atoms with Gasteiger partial charge in [-0.05, 0) is 17.7 Å². The minimum atomic E-state index is 0.183. The Bertz CT molecular complexity index is 701. The van der Waals surface area contributed by atoms with Crippen molar-refractivity contribution < 1.29 is 9.84 Å². The summed E-state index contributed by atoms with van der Waals surface area (Å²) >= 11 is 0. The van der Waals surface area contributed by atoms with Crippen LogP contribution in [0.2, 0.25) is 0 Å². The zero-order chi connectivity index (χ0) is 12.5. The predicted molar refractivity (Wildman–Crippen MR) is 72.0 cm³/mol. The van der Waals surface area contributed by atoms with Crippen LogP contribution in [0, 0.1) is 0 Å². The molecule has 0 aliphatic rings.